The first kappa shape index (κ1) is 55.5. The van der Waals surface area contributed by atoms with Gasteiger partial charge < -0.3 is 24.9 Å². The molecule has 0 aliphatic carbocycles. The van der Waals surface area contributed by atoms with Crippen LogP contribution in [-0.4, -0.2) is 39.9 Å². The SMILES string of the molecule is CCC1=C(C)c2cc3[nH]c(c(C)c3C)c(-c3cccc4cc5cccc(-c6c7ccc([nH]7)c(-c7c(C)cc(C)cc7C)c7nc(c8ccc([nH]8)c(-c8c(C)cc(C)cc8C)c8ccc6[nH]8)C=C7)c5cc34)c3nc(cc4[nH]c(cc1n2)c(CC)c4C)C(C)=C3C. The maximum Gasteiger partial charge on any atom is 0.0872 e. The Balaban J connectivity index is 1.07. The first-order valence-electron chi connectivity index (χ1n) is 31.5. The third-order valence-corrected chi connectivity index (χ3v) is 19.9. The van der Waals surface area contributed by atoms with Crippen molar-refractivity contribution in [2.45, 2.75) is 110 Å². The third kappa shape index (κ3) is 8.81. The Kier molecular flexibility index (Phi) is 13.0. The van der Waals surface area contributed by atoms with Crippen LogP contribution in [0.3, 0.4) is 0 Å². The molecular weight excluding hydrogens is 1080 g/mol. The Morgan fingerprint density at radius 1 is 0.337 bits per heavy atom. The molecule has 0 atom stereocenters. The standard InChI is InChI=1S/C81H74N8/c1-15-54-50(13)70-37-68-46(9)48(11)80(88-68)77(81-49(12)47(10)69(89-81)38-71-51(14)55(16-2)73(87-71)39-72(54)86-70)57-22-18-20-53-35-52-19-17-21-56(58(52)36-59(53)57)76-62-27-29-66(84-62)78(74-42(5)31-40(3)32-43(74)6)64-25-23-60(82-64)61-24-26-65(83-61)79(67-30-28-63(76)85-67)75-44(7)33-41(4)34-45(75)8/h17-39,82,84-86,89H,15-16H2,1-14H3. The molecule has 0 radical (unpaired) electrons. The number of hydrogen-bond acceptors (Lipinski definition) is 3. The predicted molar refractivity (Wildman–Crippen MR) is 379 cm³/mol. The van der Waals surface area contributed by atoms with E-state index in [2.05, 4.69) is 261 Å². The fourth-order valence-electron chi connectivity index (χ4n) is 15.3. The zero-order valence-electron chi connectivity index (χ0n) is 53.5. The van der Waals surface area contributed by atoms with Gasteiger partial charge in [0.1, 0.15) is 0 Å². The summed E-state index contributed by atoms with van der Waals surface area (Å²) in [6.45, 7) is 31.2. The minimum atomic E-state index is 0.889. The van der Waals surface area contributed by atoms with Crippen LogP contribution >= 0.6 is 0 Å². The zero-order valence-corrected chi connectivity index (χ0v) is 53.5. The van der Waals surface area contributed by atoms with Crippen molar-refractivity contribution < 1.29 is 0 Å². The number of rotatable bonds is 6. The number of fused-ring (bicyclic) bond motifs is 19. The molecule has 438 valence electrons. The van der Waals surface area contributed by atoms with Crippen LogP contribution in [0.25, 0.3) is 156 Å². The molecule has 12 aromatic rings. The highest BCUT2D eigenvalue weighted by Gasteiger charge is 2.26. The minimum absolute atomic E-state index is 0.889. The molecule has 8 heteroatoms. The molecule has 0 saturated carbocycles. The summed E-state index contributed by atoms with van der Waals surface area (Å²) in [4.78, 5) is 36.6. The smallest absolute Gasteiger partial charge is 0.0872 e. The fourth-order valence-corrected chi connectivity index (χ4v) is 15.3. The summed E-state index contributed by atoms with van der Waals surface area (Å²) in [5.41, 5.74) is 42.0. The molecule has 16 bridgehead atoms. The van der Waals surface area contributed by atoms with Crippen molar-refractivity contribution in [1.29, 1.82) is 0 Å². The Bertz CT molecular complexity index is 5490. The molecule has 7 aromatic heterocycles. The van der Waals surface area contributed by atoms with Crippen LogP contribution < -0.4 is 0 Å². The number of benzene rings is 5. The Labute approximate surface area is 519 Å². The maximum absolute atomic E-state index is 5.74. The van der Waals surface area contributed by atoms with Crippen molar-refractivity contribution in [1.82, 2.24) is 39.9 Å². The van der Waals surface area contributed by atoms with E-state index in [-0.39, 0.29) is 0 Å². The monoisotopic (exact) mass is 1160 g/mol. The summed E-state index contributed by atoms with van der Waals surface area (Å²) < 4.78 is 0. The van der Waals surface area contributed by atoms with Gasteiger partial charge in [0, 0.05) is 66.4 Å². The maximum atomic E-state index is 5.74. The van der Waals surface area contributed by atoms with Gasteiger partial charge in [0.05, 0.1) is 45.2 Å². The van der Waals surface area contributed by atoms with Gasteiger partial charge in [0.15, 0.2) is 0 Å². The van der Waals surface area contributed by atoms with Crippen LogP contribution in [-0.2, 0) is 6.42 Å². The highest BCUT2D eigenvalue weighted by atomic mass is 14.8. The van der Waals surface area contributed by atoms with Crippen LogP contribution in [0.5, 0.6) is 0 Å². The van der Waals surface area contributed by atoms with Crippen molar-refractivity contribution in [2.24, 2.45) is 0 Å². The van der Waals surface area contributed by atoms with E-state index in [9.17, 15) is 0 Å². The molecule has 89 heavy (non-hydrogen) atoms. The van der Waals surface area contributed by atoms with Gasteiger partial charge in [-0.15, -0.1) is 0 Å². The van der Waals surface area contributed by atoms with E-state index >= 15 is 0 Å². The number of aromatic amines is 5. The van der Waals surface area contributed by atoms with Gasteiger partial charge >= 0.3 is 0 Å². The molecule has 0 saturated heterocycles. The molecule has 3 aliphatic heterocycles. The second-order valence-electron chi connectivity index (χ2n) is 25.5. The van der Waals surface area contributed by atoms with E-state index < -0.39 is 0 Å². The van der Waals surface area contributed by atoms with E-state index in [0.29, 0.717) is 0 Å². The average Bonchev–Trinajstić information content (AvgIpc) is 1.86. The van der Waals surface area contributed by atoms with E-state index in [1.54, 1.807) is 0 Å². The van der Waals surface area contributed by atoms with Crippen molar-refractivity contribution >= 4 is 111 Å². The fraction of sp³-hybridized carbons (Fsp3) is 0.198. The first-order valence-corrected chi connectivity index (χ1v) is 31.5. The third-order valence-electron chi connectivity index (χ3n) is 19.9. The quantitative estimate of drug-likeness (QED) is 0.107. The van der Waals surface area contributed by atoms with Gasteiger partial charge in [-0.1, -0.05) is 85.6 Å². The molecule has 5 N–H and O–H groups in total. The molecule has 10 heterocycles. The lowest BCUT2D eigenvalue weighted by molar-refractivity contribution is 1.14. The molecule has 0 amide bonds. The minimum Gasteiger partial charge on any atom is -0.355 e. The molecule has 0 unspecified atom stereocenters. The number of hydrogen-bond donors (Lipinski definition) is 5. The lowest BCUT2D eigenvalue weighted by atomic mass is 9.90. The lowest BCUT2D eigenvalue weighted by Crippen LogP contribution is -1.93. The number of aromatic nitrogens is 8. The van der Waals surface area contributed by atoms with Gasteiger partial charge in [0.2, 0.25) is 0 Å². The second kappa shape index (κ2) is 20.8. The summed E-state index contributed by atoms with van der Waals surface area (Å²) in [6, 6.07) is 47.9. The molecule has 8 nitrogen and oxygen atoms in total. The van der Waals surface area contributed by atoms with Crippen LogP contribution in [0, 0.1) is 62.3 Å². The van der Waals surface area contributed by atoms with Crippen molar-refractivity contribution in [2.75, 3.05) is 0 Å². The van der Waals surface area contributed by atoms with Crippen LogP contribution in [0.15, 0.2) is 127 Å². The van der Waals surface area contributed by atoms with Crippen molar-refractivity contribution in [3.63, 3.8) is 0 Å². The molecule has 0 spiro atoms. The highest BCUT2D eigenvalue weighted by molar-refractivity contribution is 6.15. The normalized spacial score (nSPS) is 13.0. The average molecular weight is 1160 g/mol. The van der Waals surface area contributed by atoms with Gasteiger partial charge in [-0.2, -0.15) is 0 Å². The number of aryl methyl sites for hydroxylation is 10. The lowest BCUT2D eigenvalue weighted by Gasteiger charge is -2.14. The van der Waals surface area contributed by atoms with E-state index in [0.717, 1.165) is 168 Å². The summed E-state index contributed by atoms with van der Waals surface area (Å²) in [5, 5.41) is 4.57. The largest absolute Gasteiger partial charge is 0.355 e. The molecule has 15 rings (SSSR count). The number of nitrogens with one attached hydrogen (secondary N) is 5. The zero-order chi connectivity index (χ0) is 61.6. The van der Waals surface area contributed by atoms with Gasteiger partial charge in [-0.05, 0) is 285 Å². The number of H-pyrrole nitrogens is 5. The van der Waals surface area contributed by atoms with Crippen LogP contribution in [0.1, 0.15) is 131 Å². The van der Waals surface area contributed by atoms with Gasteiger partial charge in [-0.3, -0.25) is 0 Å². The van der Waals surface area contributed by atoms with Crippen LogP contribution in [0.2, 0.25) is 0 Å². The number of allylic oxidation sites excluding steroid dienone is 4. The molecule has 3 aliphatic rings. The molecular formula is C81H74N8. The van der Waals surface area contributed by atoms with Gasteiger partial charge in [0.25, 0.3) is 0 Å². The van der Waals surface area contributed by atoms with Crippen molar-refractivity contribution in [3.05, 3.63) is 217 Å². The summed E-state index contributed by atoms with van der Waals surface area (Å²) in [7, 11) is 0. The summed E-state index contributed by atoms with van der Waals surface area (Å²) in [5.74, 6) is 0. The second-order valence-corrected chi connectivity index (χ2v) is 25.5. The Morgan fingerprint density at radius 3 is 1.43 bits per heavy atom. The topological polar surface area (TPSA) is 118 Å². The summed E-state index contributed by atoms with van der Waals surface area (Å²) in [6.07, 6.45) is 6.14. The number of nitrogens with zero attached hydrogens (tertiary/aromatic N) is 3. The Hall–Kier alpha value is -10.1. The highest BCUT2D eigenvalue weighted by Crippen LogP contribution is 2.46. The summed E-state index contributed by atoms with van der Waals surface area (Å²) >= 11 is 0. The van der Waals surface area contributed by atoms with E-state index in [1.807, 2.05) is 0 Å². The first-order chi connectivity index (χ1) is 42.9. The predicted octanol–water partition coefficient (Wildman–Crippen LogP) is 21.9. The molecule has 0 fully saturated rings. The van der Waals surface area contributed by atoms with Crippen molar-refractivity contribution in [3.8, 4) is 44.5 Å². The molecule has 5 aromatic carbocycles. The van der Waals surface area contributed by atoms with E-state index in [4.69, 9.17) is 15.0 Å². The van der Waals surface area contributed by atoms with E-state index in [1.165, 1.54) is 77.9 Å². The van der Waals surface area contributed by atoms with Gasteiger partial charge in [-0.25, -0.2) is 15.0 Å². The van der Waals surface area contributed by atoms with Crippen LogP contribution in [0.4, 0.5) is 0 Å². The Morgan fingerprint density at radius 2 is 0.831 bits per heavy atom.